The van der Waals surface area contributed by atoms with Crippen LogP contribution in [0.15, 0.2) is 18.2 Å². The number of amides is 1. The van der Waals surface area contributed by atoms with Crippen LogP contribution in [0.1, 0.15) is 18.5 Å². The van der Waals surface area contributed by atoms with Crippen molar-refractivity contribution in [3.8, 4) is 0 Å². The molecule has 0 aliphatic carbocycles. The summed E-state index contributed by atoms with van der Waals surface area (Å²) >= 11 is 11.6. The van der Waals surface area contributed by atoms with E-state index in [1.165, 1.54) is 6.92 Å². The molecule has 1 aromatic rings. The highest BCUT2D eigenvalue weighted by atomic mass is 35.5. The Labute approximate surface area is 98.0 Å². The molecule has 0 heterocycles. The molecule has 1 rings (SSSR count). The smallest absolute Gasteiger partial charge is 0.217 e. The highest BCUT2D eigenvalue weighted by Crippen LogP contribution is 2.25. The number of benzene rings is 1. The van der Waals surface area contributed by atoms with E-state index >= 15 is 0 Å². The van der Waals surface area contributed by atoms with E-state index in [2.05, 4.69) is 5.32 Å². The van der Waals surface area contributed by atoms with Gasteiger partial charge in [-0.1, -0.05) is 29.3 Å². The zero-order chi connectivity index (χ0) is 11.4. The second-order valence-corrected chi connectivity index (χ2v) is 3.92. The molecular formula is C10H11Cl2NO2. The first kappa shape index (κ1) is 12.3. The molecule has 0 saturated carbocycles. The third-order valence-corrected chi connectivity index (χ3v) is 2.65. The Bertz CT molecular complexity index is 368. The number of hydrogen-bond acceptors (Lipinski definition) is 2. The lowest BCUT2D eigenvalue weighted by molar-refractivity contribution is -0.120. The summed E-state index contributed by atoms with van der Waals surface area (Å²) in [5.74, 6) is -0.208. The van der Waals surface area contributed by atoms with Crippen molar-refractivity contribution < 1.29 is 9.90 Å². The normalized spacial score (nSPS) is 12.3. The lowest BCUT2D eigenvalue weighted by atomic mass is 10.1. The average molecular weight is 248 g/mol. The molecule has 0 saturated heterocycles. The Balaban J connectivity index is 2.92. The fourth-order valence-corrected chi connectivity index (χ4v) is 1.52. The molecule has 0 aromatic heterocycles. The van der Waals surface area contributed by atoms with Crippen molar-refractivity contribution in [3.63, 3.8) is 0 Å². The molecule has 0 bridgehead atoms. The largest absolute Gasteiger partial charge is 0.394 e. The van der Waals surface area contributed by atoms with Crippen LogP contribution < -0.4 is 5.32 Å². The number of carbonyl (C=O) groups excluding carboxylic acids is 1. The van der Waals surface area contributed by atoms with E-state index < -0.39 is 6.04 Å². The van der Waals surface area contributed by atoms with E-state index in [0.29, 0.717) is 10.0 Å². The first-order valence-electron chi connectivity index (χ1n) is 4.37. The average Bonchev–Trinajstić information content (AvgIpc) is 2.18. The summed E-state index contributed by atoms with van der Waals surface area (Å²) in [5.41, 5.74) is 0.724. The van der Waals surface area contributed by atoms with Crippen LogP contribution in [-0.4, -0.2) is 17.6 Å². The van der Waals surface area contributed by atoms with Gasteiger partial charge in [0.25, 0.3) is 0 Å². The number of aliphatic hydroxyl groups excluding tert-OH is 1. The zero-order valence-corrected chi connectivity index (χ0v) is 9.64. The molecule has 82 valence electrons. The van der Waals surface area contributed by atoms with E-state index in [1.54, 1.807) is 18.2 Å². The van der Waals surface area contributed by atoms with Crippen molar-refractivity contribution in [1.82, 2.24) is 5.32 Å². The number of aliphatic hydroxyl groups is 1. The molecule has 0 radical (unpaired) electrons. The number of halogens is 2. The van der Waals surface area contributed by atoms with Crippen molar-refractivity contribution in [1.29, 1.82) is 0 Å². The maximum atomic E-state index is 10.9. The zero-order valence-electron chi connectivity index (χ0n) is 8.13. The fourth-order valence-electron chi connectivity index (χ4n) is 1.21. The van der Waals surface area contributed by atoms with Gasteiger partial charge in [0.05, 0.1) is 22.7 Å². The minimum atomic E-state index is -0.447. The van der Waals surface area contributed by atoms with Gasteiger partial charge in [-0.15, -0.1) is 0 Å². The van der Waals surface area contributed by atoms with Crippen molar-refractivity contribution in [2.75, 3.05) is 6.61 Å². The Hall–Kier alpha value is -0.770. The van der Waals surface area contributed by atoms with Gasteiger partial charge in [0.15, 0.2) is 0 Å². The lowest BCUT2D eigenvalue weighted by Gasteiger charge is -2.15. The Morgan fingerprint density at radius 3 is 2.60 bits per heavy atom. The van der Waals surface area contributed by atoms with Gasteiger partial charge in [0.1, 0.15) is 0 Å². The van der Waals surface area contributed by atoms with Gasteiger partial charge in [0.2, 0.25) is 5.91 Å². The van der Waals surface area contributed by atoms with E-state index in [9.17, 15) is 4.79 Å². The Morgan fingerprint density at radius 2 is 2.13 bits per heavy atom. The third kappa shape index (κ3) is 3.38. The monoisotopic (exact) mass is 247 g/mol. The van der Waals surface area contributed by atoms with Gasteiger partial charge in [-0.3, -0.25) is 4.79 Å². The summed E-state index contributed by atoms with van der Waals surface area (Å²) in [6.07, 6.45) is 0. The molecule has 1 amide bonds. The van der Waals surface area contributed by atoms with E-state index in [4.69, 9.17) is 28.3 Å². The minimum absolute atomic E-state index is 0.183. The molecular weight excluding hydrogens is 237 g/mol. The van der Waals surface area contributed by atoms with Crippen LogP contribution in [0.3, 0.4) is 0 Å². The van der Waals surface area contributed by atoms with E-state index in [-0.39, 0.29) is 12.5 Å². The fraction of sp³-hybridized carbons (Fsp3) is 0.300. The van der Waals surface area contributed by atoms with Gasteiger partial charge in [0, 0.05) is 6.92 Å². The molecule has 2 N–H and O–H groups in total. The van der Waals surface area contributed by atoms with Gasteiger partial charge in [-0.25, -0.2) is 0 Å². The predicted octanol–water partition coefficient (Wildman–Crippen LogP) is 2.16. The molecule has 1 unspecified atom stereocenters. The highest BCUT2D eigenvalue weighted by Gasteiger charge is 2.12. The number of nitrogens with one attached hydrogen (secondary N) is 1. The number of hydrogen-bond donors (Lipinski definition) is 2. The summed E-state index contributed by atoms with van der Waals surface area (Å²) in [6.45, 7) is 1.21. The van der Waals surface area contributed by atoms with Gasteiger partial charge < -0.3 is 10.4 Å². The minimum Gasteiger partial charge on any atom is -0.394 e. The molecule has 0 aliphatic heterocycles. The standard InChI is InChI=1S/C10H11Cl2NO2/c1-6(15)13-10(5-14)7-2-3-8(11)9(12)4-7/h2-4,10,14H,5H2,1H3,(H,13,15). The molecule has 0 aliphatic rings. The summed E-state index contributed by atoms with van der Waals surface area (Å²) in [7, 11) is 0. The number of rotatable bonds is 3. The second kappa shape index (κ2) is 5.35. The molecule has 1 atom stereocenters. The van der Waals surface area contributed by atoms with Crippen molar-refractivity contribution in [2.24, 2.45) is 0 Å². The van der Waals surface area contributed by atoms with Crippen LogP contribution in [0.5, 0.6) is 0 Å². The second-order valence-electron chi connectivity index (χ2n) is 3.11. The van der Waals surface area contributed by atoms with Crippen LogP contribution in [0.25, 0.3) is 0 Å². The van der Waals surface area contributed by atoms with Crippen molar-refractivity contribution in [3.05, 3.63) is 33.8 Å². The van der Waals surface area contributed by atoms with Gasteiger partial charge >= 0.3 is 0 Å². The Kier molecular flexibility index (Phi) is 4.39. The van der Waals surface area contributed by atoms with Crippen LogP contribution >= 0.6 is 23.2 Å². The summed E-state index contributed by atoms with van der Waals surface area (Å²) < 4.78 is 0. The van der Waals surface area contributed by atoms with E-state index in [1.807, 2.05) is 0 Å². The van der Waals surface area contributed by atoms with Crippen LogP contribution in [-0.2, 0) is 4.79 Å². The predicted molar refractivity (Wildman–Crippen MR) is 60.1 cm³/mol. The molecule has 0 fully saturated rings. The first-order valence-corrected chi connectivity index (χ1v) is 5.13. The maximum Gasteiger partial charge on any atom is 0.217 e. The molecule has 3 nitrogen and oxygen atoms in total. The SMILES string of the molecule is CC(=O)NC(CO)c1ccc(Cl)c(Cl)c1. The quantitative estimate of drug-likeness (QED) is 0.861. The van der Waals surface area contributed by atoms with Crippen LogP contribution in [0.4, 0.5) is 0 Å². The van der Waals surface area contributed by atoms with Crippen LogP contribution in [0.2, 0.25) is 10.0 Å². The van der Waals surface area contributed by atoms with Gasteiger partial charge in [-0.05, 0) is 17.7 Å². The van der Waals surface area contributed by atoms with E-state index in [0.717, 1.165) is 5.56 Å². The third-order valence-electron chi connectivity index (χ3n) is 1.91. The molecule has 15 heavy (non-hydrogen) atoms. The molecule has 1 aromatic carbocycles. The summed E-state index contributed by atoms with van der Waals surface area (Å²) in [6, 6.07) is 4.52. The van der Waals surface area contributed by atoms with Crippen molar-refractivity contribution >= 4 is 29.1 Å². The number of carbonyl (C=O) groups is 1. The van der Waals surface area contributed by atoms with Gasteiger partial charge in [-0.2, -0.15) is 0 Å². The first-order chi connectivity index (χ1) is 7.04. The molecule has 5 heteroatoms. The highest BCUT2D eigenvalue weighted by molar-refractivity contribution is 6.42. The maximum absolute atomic E-state index is 10.9. The lowest BCUT2D eigenvalue weighted by Crippen LogP contribution is -2.28. The van der Waals surface area contributed by atoms with Crippen LogP contribution in [0, 0.1) is 0 Å². The molecule has 0 spiro atoms. The topological polar surface area (TPSA) is 49.3 Å². The summed E-state index contributed by atoms with van der Waals surface area (Å²) in [5, 5.41) is 12.5. The summed E-state index contributed by atoms with van der Waals surface area (Å²) in [4.78, 5) is 10.9. The Morgan fingerprint density at radius 1 is 1.47 bits per heavy atom. The van der Waals surface area contributed by atoms with Crippen molar-refractivity contribution in [2.45, 2.75) is 13.0 Å².